The van der Waals surface area contributed by atoms with Gasteiger partial charge in [0.2, 0.25) is 0 Å². The number of benzene rings is 2. The molecule has 5 nitrogen and oxygen atoms in total. The molecule has 180 valence electrons. The van der Waals surface area contributed by atoms with E-state index in [-0.39, 0.29) is 18.4 Å². The summed E-state index contributed by atoms with van der Waals surface area (Å²) in [6, 6.07) is 12.2. The Kier molecular flexibility index (Phi) is 7.94. The van der Waals surface area contributed by atoms with Gasteiger partial charge in [-0.05, 0) is 86.9 Å². The van der Waals surface area contributed by atoms with Crippen LogP contribution in [0.5, 0.6) is 11.5 Å². The van der Waals surface area contributed by atoms with Crippen LogP contribution in [0.1, 0.15) is 60.9 Å². The number of piperidine rings is 3. The number of hydrogen-bond acceptors (Lipinski definition) is 4. The number of aromatic hydroxyl groups is 1. The highest BCUT2D eigenvalue weighted by atomic mass is 16.5. The summed E-state index contributed by atoms with van der Waals surface area (Å²) in [4.78, 5) is 0. The third-order valence-corrected chi connectivity index (χ3v) is 7.95. The molecule has 5 heteroatoms. The first kappa shape index (κ1) is 24.1. The Morgan fingerprint density at radius 1 is 1.09 bits per heavy atom. The zero-order valence-corrected chi connectivity index (χ0v) is 20.4. The normalized spacial score (nSPS) is 22.9. The van der Waals surface area contributed by atoms with Gasteiger partial charge in [0, 0.05) is 18.0 Å². The van der Waals surface area contributed by atoms with E-state index in [0.29, 0.717) is 5.56 Å². The monoisotopic (exact) mass is 453 g/mol. The molecule has 0 spiro atoms. The molecule has 3 heterocycles. The molecule has 5 rings (SSSR count). The largest absolute Gasteiger partial charge is 0.508 e. The number of aliphatic hydroxyl groups is 1. The van der Waals surface area contributed by atoms with Crippen LogP contribution in [0, 0.1) is 12.8 Å². The number of fused-ring (bicyclic) bond motifs is 3. The Morgan fingerprint density at radius 3 is 2.55 bits per heavy atom. The Balaban J connectivity index is 1.21. The van der Waals surface area contributed by atoms with Crippen LogP contribution in [0.2, 0.25) is 0 Å². The second kappa shape index (κ2) is 10.9. The van der Waals surface area contributed by atoms with Gasteiger partial charge in [-0.15, -0.1) is 0 Å². The lowest BCUT2D eigenvalue weighted by atomic mass is 9.85. The summed E-state index contributed by atoms with van der Waals surface area (Å²) >= 11 is 0. The first-order valence-electron chi connectivity index (χ1n) is 12.7. The van der Waals surface area contributed by atoms with Crippen LogP contribution < -0.4 is 10.1 Å². The van der Waals surface area contributed by atoms with Crippen LogP contribution in [-0.4, -0.2) is 54.0 Å². The summed E-state index contributed by atoms with van der Waals surface area (Å²) in [6.07, 6.45) is 6.29. The maximum atomic E-state index is 9.71. The average Bonchev–Trinajstić information content (AvgIpc) is 2.84. The Morgan fingerprint density at radius 2 is 1.85 bits per heavy atom. The van der Waals surface area contributed by atoms with E-state index in [2.05, 4.69) is 37.4 Å². The molecule has 0 aliphatic carbocycles. The van der Waals surface area contributed by atoms with E-state index in [1.54, 1.807) is 6.07 Å². The molecule has 2 aromatic carbocycles. The van der Waals surface area contributed by atoms with Gasteiger partial charge < -0.3 is 24.7 Å². The van der Waals surface area contributed by atoms with Crippen molar-refractivity contribution in [3.63, 3.8) is 0 Å². The number of quaternary nitrogens is 1. The second-order valence-electron chi connectivity index (χ2n) is 10.2. The van der Waals surface area contributed by atoms with Crippen molar-refractivity contribution in [1.29, 1.82) is 0 Å². The van der Waals surface area contributed by atoms with Gasteiger partial charge in [0.25, 0.3) is 0 Å². The maximum Gasteiger partial charge on any atom is 0.122 e. The summed E-state index contributed by atoms with van der Waals surface area (Å²) in [6.45, 7) is 11.2. The Bertz CT molecular complexity index is 908. The van der Waals surface area contributed by atoms with Crippen molar-refractivity contribution in [3.05, 3.63) is 58.7 Å². The fraction of sp³-hybridized carbons (Fsp3) is 0.571. The highest BCUT2D eigenvalue weighted by Gasteiger charge is 2.38. The van der Waals surface area contributed by atoms with Crippen molar-refractivity contribution in [3.8, 4) is 11.5 Å². The molecule has 3 aliphatic rings. The van der Waals surface area contributed by atoms with Crippen molar-refractivity contribution in [1.82, 2.24) is 5.32 Å². The molecule has 3 N–H and O–H groups in total. The molecule has 2 bridgehead atoms. The predicted molar refractivity (Wildman–Crippen MR) is 133 cm³/mol. The summed E-state index contributed by atoms with van der Waals surface area (Å²) in [5, 5.41) is 22.6. The van der Waals surface area contributed by atoms with Crippen molar-refractivity contribution >= 4 is 0 Å². The average molecular weight is 454 g/mol. The molecule has 3 saturated heterocycles. The smallest absolute Gasteiger partial charge is 0.122 e. The van der Waals surface area contributed by atoms with Crippen LogP contribution in [0.3, 0.4) is 0 Å². The number of phenols is 1. The van der Waals surface area contributed by atoms with Crippen LogP contribution in [0.4, 0.5) is 0 Å². The molecule has 1 atom stereocenters. The third kappa shape index (κ3) is 6.08. The van der Waals surface area contributed by atoms with E-state index in [0.717, 1.165) is 43.2 Å². The van der Waals surface area contributed by atoms with Crippen LogP contribution >= 0.6 is 0 Å². The molecule has 3 aliphatic heterocycles. The molecule has 0 radical (unpaired) electrons. The minimum Gasteiger partial charge on any atom is -0.508 e. The fourth-order valence-corrected chi connectivity index (χ4v) is 5.63. The van der Waals surface area contributed by atoms with E-state index in [1.165, 1.54) is 61.1 Å². The van der Waals surface area contributed by atoms with E-state index >= 15 is 0 Å². The lowest BCUT2D eigenvalue weighted by Gasteiger charge is -2.49. The molecule has 0 amide bonds. The van der Waals surface area contributed by atoms with Gasteiger partial charge in [-0.1, -0.05) is 18.2 Å². The molecule has 3 fully saturated rings. The summed E-state index contributed by atoms with van der Waals surface area (Å²) in [7, 11) is 0. The number of rotatable bonds is 11. The Hall–Kier alpha value is -2.08. The fourth-order valence-electron chi connectivity index (χ4n) is 5.63. The van der Waals surface area contributed by atoms with Gasteiger partial charge in [0.1, 0.15) is 11.5 Å². The molecular formula is C28H41N2O3+. The summed E-state index contributed by atoms with van der Waals surface area (Å²) in [5.74, 6) is 2.18. The maximum absolute atomic E-state index is 9.71. The second-order valence-corrected chi connectivity index (χ2v) is 10.2. The lowest BCUT2D eigenvalue weighted by molar-refractivity contribution is -0.942. The number of aliphatic hydroxyl groups excluding tert-OH is 1. The lowest BCUT2D eigenvalue weighted by Crippen LogP contribution is -2.58. The van der Waals surface area contributed by atoms with Crippen molar-refractivity contribution in [2.75, 3.05) is 39.3 Å². The van der Waals surface area contributed by atoms with Crippen LogP contribution in [0.15, 0.2) is 36.4 Å². The topological polar surface area (TPSA) is 61.7 Å². The van der Waals surface area contributed by atoms with Crippen LogP contribution in [-0.2, 0) is 13.0 Å². The van der Waals surface area contributed by atoms with E-state index in [1.807, 2.05) is 12.1 Å². The van der Waals surface area contributed by atoms with E-state index in [4.69, 9.17) is 4.74 Å². The number of nitrogens with one attached hydrogen (secondary N) is 1. The minimum absolute atomic E-state index is 0.141. The zero-order valence-electron chi connectivity index (χ0n) is 20.4. The van der Waals surface area contributed by atoms with Crippen LogP contribution in [0.25, 0.3) is 0 Å². The third-order valence-electron chi connectivity index (χ3n) is 7.95. The van der Waals surface area contributed by atoms with Gasteiger partial charge in [0.05, 0.1) is 39.4 Å². The zero-order chi connectivity index (χ0) is 23.3. The Labute approximate surface area is 199 Å². The molecule has 0 aromatic heterocycles. The van der Waals surface area contributed by atoms with Gasteiger partial charge in [-0.2, -0.15) is 0 Å². The molecular weight excluding hydrogens is 412 g/mol. The predicted octanol–water partition coefficient (Wildman–Crippen LogP) is 4.49. The van der Waals surface area contributed by atoms with Gasteiger partial charge >= 0.3 is 0 Å². The molecule has 33 heavy (non-hydrogen) atoms. The number of aryl methyl sites for hydroxylation is 1. The summed E-state index contributed by atoms with van der Waals surface area (Å²) < 4.78 is 7.50. The number of ether oxygens (including phenoxy) is 1. The van der Waals surface area contributed by atoms with Crippen molar-refractivity contribution < 1.29 is 19.4 Å². The quantitative estimate of drug-likeness (QED) is 0.347. The summed E-state index contributed by atoms with van der Waals surface area (Å²) in [5.41, 5.74) is 4.14. The van der Waals surface area contributed by atoms with Gasteiger partial charge in [-0.25, -0.2) is 0 Å². The van der Waals surface area contributed by atoms with Gasteiger partial charge in [0.15, 0.2) is 0 Å². The minimum atomic E-state index is -0.141. The van der Waals surface area contributed by atoms with Crippen molar-refractivity contribution in [2.24, 2.45) is 5.92 Å². The SMILES string of the molecule is Cc1cc(C(C)NCCc2ccc(O)c(CO)c2)ccc1OCCC[N+]12CCC(CC1)CC2. The number of nitrogens with zero attached hydrogens (tertiary/aromatic N) is 1. The molecule has 2 aromatic rings. The van der Waals surface area contributed by atoms with Crippen molar-refractivity contribution in [2.45, 2.75) is 58.6 Å². The highest BCUT2D eigenvalue weighted by Crippen LogP contribution is 2.33. The standard InChI is InChI=1S/C28H40N2O3/c1-21-18-25(22(2)29-12-8-24-4-6-27(32)26(19-24)20-31)5-7-28(21)33-17-3-13-30-14-9-23(10-15-30)11-16-30/h4-7,18-19,22-23,29,31H,3,8-17,20H2,1-2H3/p+1. The van der Waals surface area contributed by atoms with E-state index in [9.17, 15) is 10.2 Å². The first-order valence-corrected chi connectivity index (χ1v) is 12.7. The van der Waals surface area contributed by atoms with Gasteiger partial charge in [-0.3, -0.25) is 0 Å². The molecule has 1 unspecified atom stereocenters. The number of hydrogen-bond donors (Lipinski definition) is 3. The molecule has 0 saturated carbocycles. The first-order chi connectivity index (χ1) is 16.0. The highest BCUT2D eigenvalue weighted by molar-refractivity contribution is 5.38. The van der Waals surface area contributed by atoms with E-state index < -0.39 is 0 Å².